The highest BCUT2D eigenvalue weighted by Crippen LogP contribution is 2.27. The second-order valence-electron chi connectivity index (χ2n) is 7.71. The molecule has 0 atom stereocenters. The van der Waals surface area contributed by atoms with Crippen molar-refractivity contribution in [2.45, 2.75) is 0 Å². The van der Waals surface area contributed by atoms with Crippen molar-refractivity contribution in [1.82, 2.24) is 10.3 Å². The molecule has 1 N–H and O–H groups in total. The van der Waals surface area contributed by atoms with E-state index in [9.17, 15) is 9.59 Å². The number of anilines is 1. The molecule has 0 unspecified atom stereocenters. The summed E-state index contributed by atoms with van der Waals surface area (Å²) in [4.78, 5) is 31.7. The number of thiocarbonyl (C=S) groups is 1. The minimum Gasteiger partial charge on any atom is -0.457 e. The number of amides is 2. The van der Waals surface area contributed by atoms with Crippen LogP contribution >= 0.6 is 12.2 Å². The zero-order chi connectivity index (χ0) is 24.2. The van der Waals surface area contributed by atoms with Crippen molar-refractivity contribution < 1.29 is 14.3 Å². The fourth-order valence-electron chi connectivity index (χ4n) is 3.67. The lowest BCUT2D eigenvalue weighted by molar-refractivity contribution is -0.122. The molecular weight excluding hydrogens is 458 g/mol. The molecule has 7 heteroatoms. The molecule has 1 aliphatic rings. The Morgan fingerprint density at radius 1 is 0.829 bits per heavy atom. The average Bonchev–Trinajstić information content (AvgIpc) is 2.89. The summed E-state index contributed by atoms with van der Waals surface area (Å²) in [7, 11) is 0. The number of rotatable bonds is 5. The molecule has 6 nitrogen and oxygen atoms in total. The van der Waals surface area contributed by atoms with Crippen LogP contribution in [0.5, 0.6) is 11.5 Å². The van der Waals surface area contributed by atoms with Crippen LogP contribution in [0.2, 0.25) is 0 Å². The van der Waals surface area contributed by atoms with Crippen LogP contribution in [0.4, 0.5) is 5.69 Å². The standard InChI is InChI=1S/C28H19N3O3S/c32-26-24(18-19-7-6-8-20(17-19)25-11-4-5-16-29-25)27(33)31(28(35)30-26)21-12-14-23(15-13-21)34-22-9-2-1-3-10-22/h1-18H,(H,30,32,35). The Morgan fingerprint density at radius 3 is 2.31 bits per heavy atom. The van der Waals surface area contributed by atoms with Gasteiger partial charge in [0.15, 0.2) is 5.11 Å². The molecule has 0 aliphatic carbocycles. The number of benzene rings is 3. The third kappa shape index (κ3) is 4.85. The van der Waals surface area contributed by atoms with Gasteiger partial charge < -0.3 is 4.74 Å². The second kappa shape index (κ2) is 9.70. The molecule has 3 aromatic carbocycles. The van der Waals surface area contributed by atoms with Crippen molar-refractivity contribution in [3.8, 4) is 22.8 Å². The highest BCUT2D eigenvalue weighted by molar-refractivity contribution is 7.80. The lowest BCUT2D eigenvalue weighted by atomic mass is 10.0. The van der Waals surface area contributed by atoms with E-state index in [0.29, 0.717) is 22.7 Å². The van der Waals surface area contributed by atoms with Crippen LogP contribution in [-0.2, 0) is 9.59 Å². The quantitative estimate of drug-likeness (QED) is 0.238. The molecule has 170 valence electrons. The number of carbonyl (C=O) groups excluding carboxylic acids is 2. The lowest BCUT2D eigenvalue weighted by Crippen LogP contribution is -2.54. The van der Waals surface area contributed by atoms with Crippen LogP contribution in [0.25, 0.3) is 17.3 Å². The number of aromatic nitrogens is 1. The molecule has 0 spiro atoms. The van der Waals surface area contributed by atoms with Crippen LogP contribution in [-0.4, -0.2) is 21.9 Å². The zero-order valence-corrected chi connectivity index (χ0v) is 19.2. The number of ether oxygens (including phenoxy) is 1. The van der Waals surface area contributed by atoms with E-state index in [1.54, 1.807) is 36.5 Å². The Balaban J connectivity index is 1.41. The maximum absolute atomic E-state index is 13.3. The van der Waals surface area contributed by atoms with E-state index in [-0.39, 0.29) is 10.7 Å². The lowest BCUT2D eigenvalue weighted by Gasteiger charge is -2.29. The number of nitrogens with one attached hydrogen (secondary N) is 1. The molecule has 0 radical (unpaired) electrons. The van der Waals surface area contributed by atoms with Gasteiger partial charge in [0, 0.05) is 11.8 Å². The van der Waals surface area contributed by atoms with Gasteiger partial charge in [0.05, 0.1) is 11.4 Å². The minimum atomic E-state index is -0.538. The number of para-hydroxylation sites is 1. The van der Waals surface area contributed by atoms with Crippen molar-refractivity contribution >= 4 is 40.9 Å². The van der Waals surface area contributed by atoms with Gasteiger partial charge in [-0.1, -0.05) is 42.5 Å². The molecule has 0 bridgehead atoms. The number of hydrogen-bond acceptors (Lipinski definition) is 5. The molecule has 2 heterocycles. The highest BCUT2D eigenvalue weighted by Gasteiger charge is 2.34. The zero-order valence-electron chi connectivity index (χ0n) is 18.4. The predicted molar refractivity (Wildman–Crippen MR) is 139 cm³/mol. The summed E-state index contributed by atoms with van der Waals surface area (Å²) in [5, 5.41) is 2.64. The summed E-state index contributed by atoms with van der Waals surface area (Å²) in [6.45, 7) is 0. The van der Waals surface area contributed by atoms with Crippen molar-refractivity contribution in [3.63, 3.8) is 0 Å². The Kier molecular flexibility index (Phi) is 6.15. The monoisotopic (exact) mass is 477 g/mol. The first-order chi connectivity index (χ1) is 17.1. The van der Waals surface area contributed by atoms with Gasteiger partial charge in [-0.3, -0.25) is 24.8 Å². The van der Waals surface area contributed by atoms with Gasteiger partial charge in [0.2, 0.25) is 0 Å². The molecule has 2 amide bonds. The highest BCUT2D eigenvalue weighted by atomic mass is 32.1. The van der Waals surface area contributed by atoms with Crippen LogP contribution in [0.3, 0.4) is 0 Å². The normalized spacial score (nSPS) is 14.7. The van der Waals surface area contributed by atoms with Crippen molar-refractivity contribution in [2.24, 2.45) is 0 Å². The average molecular weight is 478 g/mol. The molecule has 1 saturated heterocycles. The molecular formula is C28H19N3O3S. The van der Waals surface area contributed by atoms with Crippen LogP contribution in [0.1, 0.15) is 5.56 Å². The molecule has 1 aromatic heterocycles. The molecule has 0 saturated carbocycles. The van der Waals surface area contributed by atoms with Crippen LogP contribution in [0.15, 0.2) is 109 Å². The SMILES string of the molecule is O=C1NC(=S)N(c2ccc(Oc3ccccc3)cc2)C(=O)C1=Cc1cccc(-c2ccccn2)c1. The maximum atomic E-state index is 13.3. The maximum Gasteiger partial charge on any atom is 0.270 e. The minimum absolute atomic E-state index is 0.0126. The van der Waals surface area contributed by atoms with Crippen LogP contribution in [0, 0.1) is 0 Å². The number of carbonyl (C=O) groups is 2. The molecule has 5 rings (SSSR count). The summed E-state index contributed by atoms with van der Waals surface area (Å²) in [5.74, 6) is 0.277. The third-order valence-electron chi connectivity index (χ3n) is 5.33. The van der Waals surface area contributed by atoms with Crippen molar-refractivity contribution in [3.05, 3.63) is 114 Å². The van der Waals surface area contributed by atoms with E-state index in [1.807, 2.05) is 72.8 Å². The number of nitrogens with zero attached hydrogens (tertiary/aromatic N) is 2. The molecule has 1 fully saturated rings. The first kappa shape index (κ1) is 22.2. The summed E-state index contributed by atoms with van der Waals surface area (Å²) in [5.41, 5.74) is 2.89. The third-order valence-corrected chi connectivity index (χ3v) is 5.62. The van der Waals surface area contributed by atoms with Gasteiger partial charge in [-0.15, -0.1) is 0 Å². The Bertz CT molecular complexity index is 1440. The molecule has 35 heavy (non-hydrogen) atoms. The topological polar surface area (TPSA) is 71.5 Å². The second-order valence-corrected chi connectivity index (χ2v) is 8.09. The predicted octanol–water partition coefficient (Wildman–Crippen LogP) is 5.37. The first-order valence-electron chi connectivity index (χ1n) is 10.8. The van der Waals surface area contributed by atoms with E-state index >= 15 is 0 Å². The Labute approximate surface area is 207 Å². The Morgan fingerprint density at radius 2 is 1.57 bits per heavy atom. The molecule has 1 aliphatic heterocycles. The van der Waals surface area contributed by atoms with E-state index in [2.05, 4.69) is 10.3 Å². The fourth-order valence-corrected chi connectivity index (χ4v) is 3.95. The summed E-state index contributed by atoms with van der Waals surface area (Å²) < 4.78 is 5.82. The van der Waals surface area contributed by atoms with E-state index in [1.165, 1.54) is 4.90 Å². The molecule has 4 aromatic rings. The summed E-state index contributed by atoms with van der Waals surface area (Å²) >= 11 is 5.31. The van der Waals surface area contributed by atoms with Gasteiger partial charge in [0.25, 0.3) is 11.8 Å². The smallest absolute Gasteiger partial charge is 0.270 e. The Hall–Kier alpha value is -4.62. The largest absolute Gasteiger partial charge is 0.457 e. The summed E-state index contributed by atoms with van der Waals surface area (Å²) in [6.07, 6.45) is 3.28. The van der Waals surface area contributed by atoms with E-state index in [4.69, 9.17) is 17.0 Å². The van der Waals surface area contributed by atoms with Crippen molar-refractivity contribution in [2.75, 3.05) is 4.90 Å². The van der Waals surface area contributed by atoms with Gasteiger partial charge in [-0.05, 0) is 78.5 Å². The summed E-state index contributed by atoms with van der Waals surface area (Å²) in [6, 6.07) is 29.5. The van der Waals surface area contributed by atoms with E-state index < -0.39 is 11.8 Å². The number of hydrogen-bond donors (Lipinski definition) is 1. The van der Waals surface area contributed by atoms with Gasteiger partial charge >= 0.3 is 0 Å². The van der Waals surface area contributed by atoms with Gasteiger partial charge in [0.1, 0.15) is 17.1 Å². The van der Waals surface area contributed by atoms with Crippen molar-refractivity contribution in [1.29, 1.82) is 0 Å². The van der Waals surface area contributed by atoms with Crippen LogP contribution < -0.4 is 15.0 Å². The van der Waals surface area contributed by atoms with Gasteiger partial charge in [-0.25, -0.2) is 0 Å². The van der Waals surface area contributed by atoms with Gasteiger partial charge in [-0.2, -0.15) is 0 Å². The first-order valence-corrected chi connectivity index (χ1v) is 11.3. The van der Waals surface area contributed by atoms with E-state index in [0.717, 1.165) is 11.3 Å². The number of pyridine rings is 1. The fraction of sp³-hybridized carbons (Fsp3) is 0.